The van der Waals surface area contributed by atoms with Gasteiger partial charge in [0.2, 0.25) is 0 Å². The number of aromatic hydroxyl groups is 1. The number of guanidine groups is 1. The summed E-state index contributed by atoms with van der Waals surface area (Å²) in [6.07, 6.45) is 2.72. The van der Waals surface area contributed by atoms with Crippen LogP contribution in [0, 0.1) is 0 Å². The van der Waals surface area contributed by atoms with Gasteiger partial charge in [-0.15, -0.1) is 10.2 Å². The molecule has 3 heterocycles. The van der Waals surface area contributed by atoms with E-state index in [9.17, 15) is 5.11 Å². The van der Waals surface area contributed by atoms with E-state index in [2.05, 4.69) is 32.2 Å². The minimum absolute atomic E-state index is 0.335. The molecule has 152 valence electrons. The molecule has 8 nitrogen and oxygen atoms in total. The Bertz CT molecular complexity index is 976. The summed E-state index contributed by atoms with van der Waals surface area (Å²) in [4.78, 5) is 9.32. The Hall–Kier alpha value is -3.29. The molecule has 0 radical (unpaired) electrons. The van der Waals surface area contributed by atoms with Crippen molar-refractivity contribution >= 4 is 17.3 Å². The Morgan fingerprint density at radius 1 is 1.07 bits per heavy atom. The zero-order chi connectivity index (χ0) is 20.1. The molecule has 0 unspecified atom stereocenters. The fourth-order valence-electron chi connectivity index (χ4n) is 3.64. The van der Waals surface area contributed by atoms with Crippen LogP contribution in [0.15, 0.2) is 53.7 Å². The van der Waals surface area contributed by atoms with Gasteiger partial charge in [-0.25, -0.2) is 0 Å². The highest BCUT2D eigenvalue weighted by atomic mass is 16.3. The van der Waals surface area contributed by atoms with Crippen molar-refractivity contribution in [3.05, 3.63) is 54.5 Å². The molecule has 0 amide bonds. The maximum Gasteiger partial charge on any atom is 0.194 e. The molecule has 3 aromatic rings. The Balaban J connectivity index is 1.38. The van der Waals surface area contributed by atoms with Crippen LogP contribution >= 0.6 is 0 Å². The zero-order valence-corrected chi connectivity index (χ0v) is 16.7. The number of rotatable bonds is 5. The second-order valence-electron chi connectivity index (χ2n) is 6.99. The molecule has 1 aliphatic rings. The average Bonchev–Trinajstić information content (AvgIpc) is 3.17. The molecule has 0 aliphatic carbocycles. The summed E-state index contributed by atoms with van der Waals surface area (Å²) in [7, 11) is 0. The van der Waals surface area contributed by atoms with Gasteiger partial charge in [-0.2, -0.15) is 0 Å². The second kappa shape index (κ2) is 8.81. The number of piperazine rings is 1. The maximum absolute atomic E-state index is 10.1. The lowest BCUT2D eigenvalue weighted by molar-refractivity contribution is 0.370. The van der Waals surface area contributed by atoms with E-state index in [1.54, 1.807) is 6.07 Å². The molecule has 4 rings (SSSR count). The van der Waals surface area contributed by atoms with Crippen molar-refractivity contribution in [3.63, 3.8) is 0 Å². The van der Waals surface area contributed by atoms with Gasteiger partial charge < -0.3 is 20.2 Å². The van der Waals surface area contributed by atoms with Gasteiger partial charge in [0.15, 0.2) is 11.6 Å². The minimum Gasteiger partial charge on any atom is -0.506 e. The van der Waals surface area contributed by atoms with Gasteiger partial charge in [-0.05, 0) is 31.2 Å². The lowest BCUT2D eigenvalue weighted by Gasteiger charge is -2.37. The van der Waals surface area contributed by atoms with Crippen molar-refractivity contribution in [2.24, 2.45) is 4.99 Å². The largest absolute Gasteiger partial charge is 0.506 e. The molecule has 29 heavy (non-hydrogen) atoms. The Morgan fingerprint density at radius 3 is 2.66 bits per heavy atom. The number of hydrogen-bond acceptors (Lipinski definition) is 5. The average molecular weight is 393 g/mol. The summed E-state index contributed by atoms with van der Waals surface area (Å²) in [5.41, 5.74) is 1.76. The number of fused-ring (bicyclic) bond motifs is 1. The van der Waals surface area contributed by atoms with Crippen LogP contribution in [0.5, 0.6) is 5.75 Å². The number of benzene rings is 1. The van der Waals surface area contributed by atoms with Crippen LogP contribution in [0.3, 0.4) is 0 Å². The number of pyridine rings is 1. The van der Waals surface area contributed by atoms with E-state index < -0.39 is 0 Å². The number of aromatic nitrogens is 3. The van der Waals surface area contributed by atoms with Crippen LogP contribution in [0.2, 0.25) is 0 Å². The predicted molar refractivity (Wildman–Crippen MR) is 115 cm³/mol. The predicted octanol–water partition coefficient (Wildman–Crippen LogP) is 1.77. The van der Waals surface area contributed by atoms with Crippen molar-refractivity contribution in [1.29, 1.82) is 0 Å². The highest BCUT2D eigenvalue weighted by Gasteiger charge is 2.21. The number of nitrogens with zero attached hydrogens (tertiary/aromatic N) is 6. The third-order valence-corrected chi connectivity index (χ3v) is 5.12. The van der Waals surface area contributed by atoms with Crippen molar-refractivity contribution in [1.82, 2.24) is 24.8 Å². The monoisotopic (exact) mass is 393 g/mol. The molecule has 0 spiro atoms. The first kappa shape index (κ1) is 19.0. The molecule has 2 aromatic heterocycles. The first-order valence-corrected chi connectivity index (χ1v) is 10.1. The number of phenolic OH excluding ortho intramolecular Hbond substituents is 1. The summed E-state index contributed by atoms with van der Waals surface area (Å²) in [5, 5.41) is 22.0. The van der Waals surface area contributed by atoms with Gasteiger partial charge in [0.1, 0.15) is 11.6 Å². The smallest absolute Gasteiger partial charge is 0.194 e. The van der Waals surface area contributed by atoms with Crippen LogP contribution in [0.1, 0.15) is 12.7 Å². The van der Waals surface area contributed by atoms with Gasteiger partial charge in [0.25, 0.3) is 0 Å². The third kappa shape index (κ3) is 4.26. The van der Waals surface area contributed by atoms with Crippen molar-refractivity contribution in [2.45, 2.75) is 13.3 Å². The number of phenols is 1. The highest BCUT2D eigenvalue weighted by Crippen LogP contribution is 2.27. The SMILES string of the molecule is CCNC(=NCCc1nnc2ccccn12)N1CCN(c2ccccc2O)CC1. The Kier molecular flexibility index (Phi) is 5.79. The van der Waals surface area contributed by atoms with Gasteiger partial charge in [-0.3, -0.25) is 9.39 Å². The van der Waals surface area contributed by atoms with E-state index >= 15 is 0 Å². The van der Waals surface area contributed by atoms with Crippen molar-refractivity contribution in [2.75, 3.05) is 44.2 Å². The van der Waals surface area contributed by atoms with E-state index in [0.717, 1.165) is 62.3 Å². The van der Waals surface area contributed by atoms with Crippen molar-refractivity contribution in [3.8, 4) is 5.75 Å². The first-order chi connectivity index (χ1) is 14.3. The summed E-state index contributed by atoms with van der Waals surface area (Å²) in [6.45, 7) is 6.96. The lowest BCUT2D eigenvalue weighted by atomic mass is 10.2. The molecule has 1 aromatic carbocycles. The van der Waals surface area contributed by atoms with E-state index in [0.29, 0.717) is 12.3 Å². The first-order valence-electron chi connectivity index (χ1n) is 10.1. The van der Waals surface area contributed by atoms with Gasteiger partial charge in [0, 0.05) is 51.9 Å². The maximum atomic E-state index is 10.1. The molecular weight excluding hydrogens is 366 g/mol. The molecule has 0 bridgehead atoms. The van der Waals surface area contributed by atoms with E-state index in [-0.39, 0.29) is 0 Å². The normalized spacial score (nSPS) is 15.1. The number of anilines is 1. The van der Waals surface area contributed by atoms with Gasteiger partial charge in [0.05, 0.1) is 5.69 Å². The van der Waals surface area contributed by atoms with Crippen LogP contribution in [0.4, 0.5) is 5.69 Å². The van der Waals surface area contributed by atoms with E-state index in [1.807, 2.05) is 47.0 Å². The molecule has 0 atom stereocenters. The van der Waals surface area contributed by atoms with E-state index in [1.165, 1.54) is 0 Å². The highest BCUT2D eigenvalue weighted by molar-refractivity contribution is 5.80. The van der Waals surface area contributed by atoms with Crippen molar-refractivity contribution < 1.29 is 5.11 Å². The van der Waals surface area contributed by atoms with Crippen LogP contribution < -0.4 is 10.2 Å². The molecule has 8 heteroatoms. The Morgan fingerprint density at radius 2 is 1.86 bits per heavy atom. The fourth-order valence-corrected chi connectivity index (χ4v) is 3.64. The topological polar surface area (TPSA) is 81.3 Å². The molecule has 2 N–H and O–H groups in total. The van der Waals surface area contributed by atoms with Gasteiger partial charge in [-0.1, -0.05) is 18.2 Å². The lowest BCUT2D eigenvalue weighted by Crippen LogP contribution is -2.52. The number of aliphatic imine (C=N–C) groups is 1. The fraction of sp³-hybridized carbons (Fsp3) is 0.381. The molecule has 1 aliphatic heterocycles. The molecular formula is C21H27N7O. The van der Waals surface area contributed by atoms with Gasteiger partial charge >= 0.3 is 0 Å². The van der Waals surface area contributed by atoms with Crippen LogP contribution in [0.25, 0.3) is 5.65 Å². The van der Waals surface area contributed by atoms with Crippen LogP contribution in [-0.4, -0.2) is 69.8 Å². The summed E-state index contributed by atoms with van der Waals surface area (Å²) in [5.74, 6) is 2.19. The minimum atomic E-state index is 0.335. The zero-order valence-electron chi connectivity index (χ0n) is 16.7. The standard InChI is InChI=1S/C21H27N7O/c1-2-22-21(23-11-10-20-25-24-19-9-5-6-12-28(19)20)27-15-13-26(14-16-27)17-7-3-4-8-18(17)29/h3-9,12,29H,2,10-11,13-16H2,1H3,(H,22,23). The Labute approximate surface area is 170 Å². The molecule has 1 saturated heterocycles. The number of hydrogen-bond donors (Lipinski definition) is 2. The quantitative estimate of drug-likeness (QED) is 0.508. The second-order valence-corrected chi connectivity index (χ2v) is 6.99. The molecule has 1 fully saturated rings. The van der Waals surface area contributed by atoms with E-state index in [4.69, 9.17) is 4.99 Å². The number of para-hydroxylation sites is 2. The molecule has 0 saturated carbocycles. The summed E-state index contributed by atoms with van der Waals surface area (Å²) in [6, 6.07) is 13.4. The summed E-state index contributed by atoms with van der Waals surface area (Å²) >= 11 is 0. The van der Waals surface area contributed by atoms with Crippen LogP contribution in [-0.2, 0) is 6.42 Å². The number of nitrogens with one attached hydrogen (secondary N) is 1. The summed E-state index contributed by atoms with van der Waals surface area (Å²) < 4.78 is 2.01. The third-order valence-electron chi connectivity index (χ3n) is 5.12.